The lowest BCUT2D eigenvalue weighted by molar-refractivity contribution is -0.131. The Balaban J connectivity index is 4.30. The third kappa shape index (κ3) is 9.47. The van der Waals surface area contributed by atoms with Gasteiger partial charge in [-0.2, -0.15) is 0 Å². The molecule has 1 atom stereocenters. The zero-order valence-corrected chi connectivity index (χ0v) is 12.8. The molecule has 0 heterocycles. The van der Waals surface area contributed by atoms with Crippen LogP contribution in [0.1, 0.15) is 40.5 Å². The lowest BCUT2D eigenvalue weighted by atomic mass is 10.0. The van der Waals surface area contributed by atoms with Gasteiger partial charge in [0.1, 0.15) is 12.6 Å². The minimum absolute atomic E-state index is 0.0200. The fourth-order valence-electron chi connectivity index (χ4n) is 1.68. The summed E-state index contributed by atoms with van der Waals surface area (Å²) < 4.78 is 4.76. The molecule has 0 saturated heterocycles. The molecule has 5 heteroatoms. The van der Waals surface area contributed by atoms with Gasteiger partial charge in [-0.25, -0.2) is 0 Å². The number of nitrogens with one attached hydrogen (secondary N) is 2. The number of amides is 2. The molecule has 0 saturated carbocycles. The van der Waals surface area contributed by atoms with Crippen molar-refractivity contribution in [1.82, 2.24) is 10.6 Å². The number of carbonyl (C=O) groups is 2. The molecule has 0 spiro atoms. The van der Waals surface area contributed by atoms with Gasteiger partial charge < -0.3 is 15.4 Å². The van der Waals surface area contributed by atoms with Gasteiger partial charge in [-0.3, -0.25) is 9.59 Å². The summed E-state index contributed by atoms with van der Waals surface area (Å²) in [7, 11) is 1.46. The number of rotatable bonds is 9. The Labute approximate surface area is 116 Å². The number of ether oxygens (including phenoxy) is 1. The normalized spacial score (nSPS) is 12.6. The van der Waals surface area contributed by atoms with Crippen LogP contribution in [-0.4, -0.2) is 38.1 Å². The van der Waals surface area contributed by atoms with Crippen molar-refractivity contribution in [2.24, 2.45) is 11.8 Å². The van der Waals surface area contributed by atoms with Crippen LogP contribution in [0.4, 0.5) is 0 Å². The van der Waals surface area contributed by atoms with Crippen LogP contribution in [0.5, 0.6) is 0 Å². The summed E-state index contributed by atoms with van der Waals surface area (Å²) in [6, 6.07) is -0.477. The zero-order valence-electron chi connectivity index (χ0n) is 12.8. The minimum Gasteiger partial charge on any atom is -0.375 e. The van der Waals surface area contributed by atoms with Gasteiger partial charge in [0.15, 0.2) is 0 Å². The molecule has 0 aliphatic heterocycles. The summed E-state index contributed by atoms with van der Waals surface area (Å²) in [5.41, 5.74) is 0. The van der Waals surface area contributed by atoms with Crippen molar-refractivity contribution in [3.05, 3.63) is 0 Å². The van der Waals surface area contributed by atoms with Gasteiger partial charge in [0.25, 0.3) is 0 Å². The topological polar surface area (TPSA) is 67.4 Å². The molecule has 0 bridgehead atoms. The van der Waals surface area contributed by atoms with Crippen LogP contribution in [0.3, 0.4) is 0 Å². The predicted molar refractivity (Wildman–Crippen MR) is 75.7 cm³/mol. The Morgan fingerprint density at radius 2 is 1.74 bits per heavy atom. The van der Waals surface area contributed by atoms with Gasteiger partial charge in [-0.15, -0.1) is 0 Å². The molecule has 112 valence electrons. The average Bonchev–Trinajstić information content (AvgIpc) is 2.27. The van der Waals surface area contributed by atoms with E-state index in [-0.39, 0.29) is 18.4 Å². The summed E-state index contributed by atoms with van der Waals surface area (Å²) in [5.74, 6) is 0.515. The lowest BCUT2D eigenvalue weighted by Gasteiger charge is -2.20. The second-order valence-electron chi connectivity index (χ2n) is 5.66. The van der Waals surface area contributed by atoms with Gasteiger partial charge in [0.2, 0.25) is 11.8 Å². The van der Waals surface area contributed by atoms with Crippen molar-refractivity contribution in [3.8, 4) is 0 Å². The van der Waals surface area contributed by atoms with E-state index in [2.05, 4.69) is 24.5 Å². The van der Waals surface area contributed by atoms with Gasteiger partial charge >= 0.3 is 0 Å². The first kappa shape index (κ1) is 17.9. The van der Waals surface area contributed by atoms with Crippen molar-refractivity contribution in [1.29, 1.82) is 0 Å². The predicted octanol–water partition coefficient (Wildman–Crippen LogP) is 1.33. The molecule has 0 aromatic carbocycles. The molecule has 5 nitrogen and oxygen atoms in total. The molecule has 0 aromatic heterocycles. The molecule has 0 aliphatic rings. The minimum atomic E-state index is -0.477. The van der Waals surface area contributed by atoms with Crippen LogP contribution < -0.4 is 10.6 Å². The van der Waals surface area contributed by atoms with E-state index in [1.807, 2.05) is 13.8 Å². The van der Waals surface area contributed by atoms with Gasteiger partial charge in [0, 0.05) is 13.7 Å². The monoisotopic (exact) mass is 272 g/mol. The van der Waals surface area contributed by atoms with Crippen LogP contribution in [0, 0.1) is 11.8 Å². The third-order valence-electron chi connectivity index (χ3n) is 2.66. The number of hydrogen-bond donors (Lipinski definition) is 2. The van der Waals surface area contributed by atoms with Crippen LogP contribution >= 0.6 is 0 Å². The fraction of sp³-hybridized carbons (Fsp3) is 0.857. The van der Waals surface area contributed by atoms with Crippen molar-refractivity contribution < 1.29 is 14.3 Å². The van der Waals surface area contributed by atoms with E-state index in [0.29, 0.717) is 24.8 Å². The first-order valence-electron chi connectivity index (χ1n) is 6.92. The van der Waals surface area contributed by atoms with Crippen LogP contribution in [-0.2, 0) is 14.3 Å². The molecule has 2 N–H and O–H groups in total. The molecule has 0 aliphatic carbocycles. The van der Waals surface area contributed by atoms with Crippen LogP contribution in [0.25, 0.3) is 0 Å². The highest BCUT2D eigenvalue weighted by molar-refractivity contribution is 5.88. The number of carbonyl (C=O) groups excluding carboxylic acids is 2. The number of methoxy groups -OCH3 is 1. The highest BCUT2D eigenvalue weighted by Crippen LogP contribution is 2.05. The first-order chi connectivity index (χ1) is 8.86. The van der Waals surface area contributed by atoms with Crippen molar-refractivity contribution in [2.45, 2.75) is 46.6 Å². The first-order valence-corrected chi connectivity index (χ1v) is 6.92. The van der Waals surface area contributed by atoms with Gasteiger partial charge in [-0.1, -0.05) is 27.7 Å². The Morgan fingerprint density at radius 3 is 2.21 bits per heavy atom. The second kappa shape index (κ2) is 9.78. The Hall–Kier alpha value is -1.10. The summed E-state index contributed by atoms with van der Waals surface area (Å²) in [6.45, 7) is 8.89. The maximum atomic E-state index is 12.0. The molecule has 0 aromatic rings. The van der Waals surface area contributed by atoms with E-state index in [4.69, 9.17) is 4.74 Å². The Morgan fingerprint density at radius 1 is 1.11 bits per heavy atom. The summed E-state index contributed by atoms with van der Waals surface area (Å²) in [4.78, 5) is 23.5. The van der Waals surface area contributed by atoms with E-state index in [0.717, 1.165) is 6.42 Å². The Kier molecular flexibility index (Phi) is 9.21. The van der Waals surface area contributed by atoms with Crippen molar-refractivity contribution in [2.75, 3.05) is 20.3 Å². The molecule has 0 fully saturated rings. The fourth-order valence-corrected chi connectivity index (χ4v) is 1.68. The van der Waals surface area contributed by atoms with E-state index < -0.39 is 6.04 Å². The van der Waals surface area contributed by atoms with E-state index in [1.54, 1.807) is 0 Å². The smallest absolute Gasteiger partial charge is 0.246 e. The summed E-state index contributed by atoms with van der Waals surface area (Å²) in [6.07, 6.45) is 1.56. The van der Waals surface area contributed by atoms with Crippen LogP contribution in [0.15, 0.2) is 0 Å². The lowest BCUT2D eigenvalue weighted by Crippen LogP contribution is -2.48. The summed E-state index contributed by atoms with van der Waals surface area (Å²) >= 11 is 0. The SMILES string of the molecule is COCC(=O)NC(CC(C)C)C(=O)NCCC(C)C. The average molecular weight is 272 g/mol. The standard InChI is InChI=1S/C14H28N2O3/c1-10(2)6-7-15-14(18)12(8-11(3)4)16-13(17)9-19-5/h10-12H,6-9H2,1-5H3,(H,15,18)(H,16,17). The van der Waals surface area contributed by atoms with Crippen molar-refractivity contribution in [3.63, 3.8) is 0 Å². The summed E-state index contributed by atoms with van der Waals surface area (Å²) in [5, 5.41) is 5.58. The largest absolute Gasteiger partial charge is 0.375 e. The molecule has 0 radical (unpaired) electrons. The van der Waals surface area contributed by atoms with Crippen LogP contribution in [0.2, 0.25) is 0 Å². The van der Waals surface area contributed by atoms with Gasteiger partial charge in [0.05, 0.1) is 0 Å². The number of hydrogen-bond acceptors (Lipinski definition) is 3. The molecular formula is C14H28N2O3. The highest BCUT2D eigenvalue weighted by atomic mass is 16.5. The molecule has 1 unspecified atom stereocenters. The molecule has 19 heavy (non-hydrogen) atoms. The quantitative estimate of drug-likeness (QED) is 0.665. The molecular weight excluding hydrogens is 244 g/mol. The Bertz CT molecular complexity index is 278. The molecule has 0 rings (SSSR count). The van der Waals surface area contributed by atoms with E-state index >= 15 is 0 Å². The van der Waals surface area contributed by atoms with Gasteiger partial charge in [-0.05, 0) is 24.7 Å². The maximum absolute atomic E-state index is 12.0. The second-order valence-corrected chi connectivity index (χ2v) is 5.66. The van der Waals surface area contributed by atoms with E-state index in [1.165, 1.54) is 7.11 Å². The van der Waals surface area contributed by atoms with Crippen molar-refractivity contribution >= 4 is 11.8 Å². The highest BCUT2D eigenvalue weighted by Gasteiger charge is 2.21. The van der Waals surface area contributed by atoms with E-state index in [9.17, 15) is 9.59 Å². The molecule has 2 amide bonds. The third-order valence-corrected chi connectivity index (χ3v) is 2.66. The maximum Gasteiger partial charge on any atom is 0.246 e. The zero-order chi connectivity index (χ0) is 14.8.